The molecule has 0 aliphatic carbocycles. The van der Waals surface area contributed by atoms with Crippen LogP contribution in [-0.2, 0) is 0 Å². The Labute approximate surface area is 86.1 Å². The maximum Gasteiger partial charge on any atom is 0.0793 e. The monoisotopic (exact) mass is 190 g/mol. The molecule has 0 aliphatic rings. The van der Waals surface area contributed by atoms with Crippen LogP contribution in [0.1, 0.15) is 37.0 Å². The van der Waals surface area contributed by atoms with Crippen LogP contribution in [0, 0.1) is 6.92 Å². The van der Waals surface area contributed by atoms with Crippen LogP contribution in [0.25, 0.3) is 0 Å². The standard InChI is InChI=1S/C13H18O/c1-10(2)7-8-13(14)12-6-4-5-11(3)9-12/h4-6,9,13-14H,1,7-8H2,2-3H3. The minimum absolute atomic E-state index is 0.355. The van der Waals surface area contributed by atoms with Gasteiger partial charge < -0.3 is 5.11 Å². The van der Waals surface area contributed by atoms with Crippen molar-refractivity contribution in [3.05, 3.63) is 47.5 Å². The van der Waals surface area contributed by atoms with E-state index in [1.807, 2.05) is 38.1 Å². The lowest BCUT2D eigenvalue weighted by Crippen LogP contribution is -1.97. The zero-order chi connectivity index (χ0) is 10.6. The lowest BCUT2D eigenvalue weighted by Gasteiger charge is -2.11. The van der Waals surface area contributed by atoms with E-state index < -0.39 is 0 Å². The summed E-state index contributed by atoms with van der Waals surface area (Å²) in [5.74, 6) is 0. The van der Waals surface area contributed by atoms with E-state index in [1.165, 1.54) is 5.56 Å². The molecule has 0 bridgehead atoms. The molecule has 1 aromatic carbocycles. The summed E-state index contributed by atoms with van der Waals surface area (Å²) in [5.41, 5.74) is 3.32. The minimum atomic E-state index is -0.355. The van der Waals surface area contributed by atoms with Crippen LogP contribution in [-0.4, -0.2) is 5.11 Å². The van der Waals surface area contributed by atoms with Gasteiger partial charge in [-0.2, -0.15) is 0 Å². The predicted molar refractivity (Wildman–Crippen MR) is 60.2 cm³/mol. The van der Waals surface area contributed by atoms with Gasteiger partial charge in [0.15, 0.2) is 0 Å². The van der Waals surface area contributed by atoms with Crippen LogP contribution < -0.4 is 0 Å². The van der Waals surface area contributed by atoms with Crippen molar-refractivity contribution in [3.8, 4) is 0 Å². The number of allylic oxidation sites excluding steroid dienone is 1. The first-order valence-corrected chi connectivity index (χ1v) is 4.98. The molecule has 0 fully saturated rings. The van der Waals surface area contributed by atoms with E-state index in [4.69, 9.17) is 0 Å². The Hall–Kier alpha value is -1.08. The van der Waals surface area contributed by atoms with Crippen LogP contribution in [0.5, 0.6) is 0 Å². The van der Waals surface area contributed by atoms with Crippen molar-refractivity contribution in [2.24, 2.45) is 0 Å². The van der Waals surface area contributed by atoms with Crippen molar-refractivity contribution in [3.63, 3.8) is 0 Å². The SMILES string of the molecule is C=C(C)CCC(O)c1cccc(C)c1. The highest BCUT2D eigenvalue weighted by atomic mass is 16.3. The van der Waals surface area contributed by atoms with E-state index in [9.17, 15) is 5.11 Å². The largest absolute Gasteiger partial charge is 0.388 e. The topological polar surface area (TPSA) is 20.2 Å². The van der Waals surface area contributed by atoms with Crippen LogP contribution in [0.2, 0.25) is 0 Å². The Morgan fingerprint density at radius 3 is 2.79 bits per heavy atom. The molecule has 1 heteroatoms. The fourth-order valence-electron chi connectivity index (χ4n) is 1.43. The molecule has 76 valence electrons. The molecule has 1 unspecified atom stereocenters. The number of aliphatic hydroxyl groups excluding tert-OH is 1. The molecule has 1 rings (SSSR count). The molecule has 1 N–H and O–H groups in total. The van der Waals surface area contributed by atoms with Crippen molar-refractivity contribution in [2.45, 2.75) is 32.8 Å². The number of benzene rings is 1. The molecule has 0 saturated carbocycles. The molecular formula is C13H18O. The normalized spacial score (nSPS) is 12.5. The molecule has 14 heavy (non-hydrogen) atoms. The van der Waals surface area contributed by atoms with Gasteiger partial charge in [-0.05, 0) is 32.3 Å². The van der Waals surface area contributed by atoms with Gasteiger partial charge in [0.1, 0.15) is 0 Å². The van der Waals surface area contributed by atoms with Crippen molar-refractivity contribution >= 4 is 0 Å². The highest BCUT2D eigenvalue weighted by Gasteiger charge is 2.06. The molecule has 0 saturated heterocycles. The summed E-state index contributed by atoms with van der Waals surface area (Å²) in [6.07, 6.45) is 1.29. The van der Waals surface area contributed by atoms with Crippen LogP contribution in [0.4, 0.5) is 0 Å². The average molecular weight is 190 g/mol. The molecule has 1 aromatic rings. The van der Waals surface area contributed by atoms with Gasteiger partial charge in [0, 0.05) is 0 Å². The molecule has 0 heterocycles. The summed E-state index contributed by atoms with van der Waals surface area (Å²) in [7, 11) is 0. The van der Waals surface area contributed by atoms with Gasteiger partial charge in [-0.1, -0.05) is 35.4 Å². The van der Waals surface area contributed by atoms with Gasteiger partial charge in [-0.15, -0.1) is 6.58 Å². The van der Waals surface area contributed by atoms with E-state index in [0.29, 0.717) is 0 Å². The van der Waals surface area contributed by atoms with Gasteiger partial charge in [0.25, 0.3) is 0 Å². The van der Waals surface area contributed by atoms with Crippen LogP contribution in [0.3, 0.4) is 0 Å². The molecule has 0 aromatic heterocycles. The van der Waals surface area contributed by atoms with E-state index in [0.717, 1.165) is 24.0 Å². The fraction of sp³-hybridized carbons (Fsp3) is 0.385. The van der Waals surface area contributed by atoms with Crippen molar-refractivity contribution < 1.29 is 5.11 Å². The van der Waals surface area contributed by atoms with Gasteiger partial charge >= 0.3 is 0 Å². The fourth-order valence-corrected chi connectivity index (χ4v) is 1.43. The second kappa shape index (κ2) is 4.97. The first-order chi connectivity index (χ1) is 6.59. The Balaban J connectivity index is 2.60. The van der Waals surface area contributed by atoms with Crippen molar-refractivity contribution in [2.75, 3.05) is 0 Å². The van der Waals surface area contributed by atoms with Crippen LogP contribution in [0.15, 0.2) is 36.4 Å². The van der Waals surface area contributed by atoms with E-state index in [-0.39, 0.29) is 6.10 Å². The highest BCUT2D eigenvalue weighted by Crippen LogP contribution is 2.20. The van der Waals surface area contributed by atoms with Gasteiger partial charge in [0.05, 0.1) is 6.10 Å². The minimum Gasteiger partial charge on any atom is -0.388 e. The zero-order valence-corrected chi connectivity index (χ0v) is 8.96. The van der Waals surface area contributed by atoms with Gasteiger partial charge in [0.2, 0.25) is 0 Å². The van der Waals surface area contributed by atoms with Crippen molar-refractivity contribution in [1.82, 2.24) is 0 Å². The third-order valence-corrected chi connectivity index (χ3v) is 2.27. The summed E-state index contributed by atoms with van der Waals surface area (Å²) in [4.78, 5) is 0. The molecule has 0 amide bonds. The maximum atomic E-state index is 9.85. The van der Waals surface area contributed by atoms with Crippen LogP contribution >= 0.6 is 0 Å². The quantitative estimate of drug-likeness (QED) is 0.721. The molecular weight excluding hydrogens is 172 g/mol. The first-order valence-electron chi connectivity index (χ1n) is 4.98. The molecule has 1 nitrogen and oxygen atoms in total. The lowest BCUT2D eigenvalue weighted by molar-refractivity contribution is 0.168. The lowest BCUT2D eigenvalue weighted by atomic mass is 10.0. The average Bonchev–Trinajstić information content (AvgIpc) is 2.14. The summed E-state index contributed by atoms with van der Waals surface area (Å²) < 4.78 is 0. The predicted octanol–water partition coefficient (Wildman–Crippen LogP) is 3.38. The summed E-state index contributed by atoms with van der Waals surface area (Å²) in [5, 5.41) is 9.85. The molecule has 0 spiro atoms. The third-order valence-electron chi connectivity index (χ3n) is 2.27. The molecule has 0 radical (unpaired) electrons. The second-order valence-corrected chi connectivity index (χ2v) is 3.93. The molecule has 0 aliphatic heterocycles. The zero-order valence-electron chi connectivity index (χ0n) is 8.96. The van der Waals surface area contributed by atoms with E-state index >= 15 is 0 Å². The first kappa shape index (κ1) is 11.0. The number of aliphatic hydroxyl groups is 1. The number of aryl methyl sites for hydroxylation is 1. The molecule has 1 atom stereocenters. The maximum absolute atomic E-state index is 9.85. The number of hydrogen-bond acceptors (Lipinski definition) is 1. The van der Waals surface area contributed by atoms with Gasteiger partial charge in [-0.25, -0.2) is 0 Å². The number of rotatable bonds is 4. The second-order valence-electron chi connectivity index (χ2n) is 3.93. The van der Waals surface area contributed by atoms with E-state index in [1.54, 1.807) is 0 Å². The van der Waals surface area contributed by atoms with E-state index in [2.05, 4.69) is 6.58 Å². The Kier molecular flexibility index (Phi) is 3.90. The summed E-state index contributed by atoms with van der Waals surface area (Å²) in [6.45, 7) is 7.85. The smallest absolute Gasteiger partial charge is 0.0793 e. The Morgan fingerprint density at radius 2 is 2.21 bits per heavy atom. The number of hydrogen-bond donors (Lipinski definition) is 1. The highest BCUT2D eigenvalue weighted by molar-refractivity contribution is 5.24. The summed E-state index contributed by atoms with van der Waals surface area (Å²) in [6, 6.07) is 8.02. The summed E-state index contributed by atoms with van der Waals surface area (Å²) >= 11 is 0. The van der Waals surface area contributed by atoms with Crippen molar-refractivity contribution in [1.29, 1.82) is 0 Å². The Bertz CT molecular complexity index is 315. The third kappa shape index (κ3) is 3.35. The Morgan fingerprint density at radius 1 is 1.50 bits per heavy atom. The van der Waals surface area contributed by atoms with Gasteiger partial charge in [-0.3, -0.25) is 0 Å².